The molecule has 1 atom stereocenters. The van der Waals surface area contributed by atoms with E-state index >= 15 is 0 Å². The Labute approximate surface area is 128 Å². The molecule has 1 aromatic heterocycles. The maximum atomic E-state index is 12.6. The largest absolute Gasteiger partial charge is 0.508 e. The molecule has 22 heavy (non-hydrogen) atoms. The molecule has 2 aromatic rings. The number of carbonyl (C=O) groups is 1. The van der Waals surface area contributed by atoms with E-state index in [1.54, 1.807) is 40.9 Å². The minimum absolute atomic E-state index is 0.0449. The number of carbonyl (C=O) groups excluding carboxylic acids is 1. The van der Waals surface area contributed by atoms with Crippen LogP contribution in [0.5, 0.6) is 5.75 Å². The monoisotopic (exact) mass is 301 g/mol. The van der Waals surface area contributed by atoms with Crippen LogP contribution in [-0.2, 0) is 11.8 Å². The van der Waals surface area contributed by atoms with Crippen molar-refractivity contribution in [3.63, 3.8) is 0 Å². The van der Waals surface area contributed by atoms with Crippen molar-refractivity contribution < 1.29 is 14.6 Å². The van der Waals surface area contributed by atoms with Gasteiger partial charge >= 0.3 is 0 Å². The maximum Gasteiger partial charge on any atom is 0.272 e. The lowest BCUT2D eigenvalue weighted by atomic mass is 10.1. The lowest BCUT2D eigenvalue weighted by molar-refractivity contribution is -0.0232. The summed E-state index contributed by atoms with van der Waals surface area (Å²) in [6.45, 7) is 3.36. The summed E-state index contributed by atoms with van der Waals surface area (Å²) in [4.78, 5) is 14.4. The van der Waals surface area contributed by atoms with Gasteiger partial charge in [-0.25, -0.2) is 0 Å². The number of morpholine rings is 1. The minimum Gasteiger partial charge on any atom is -0.508 e. The van der Waals surface area contributed by atoms with E-state index in [0.717, 1.165) is 11.3 Å². The standard InChI is InChI=1S/C16H19N3O3/c1-11-8-14(18(2)17-11)16(21)19-6-7-22-15(10-19)12-4-3-5-13(20)9-12/h3-5,8-9,15,20H,6-7,10H2,1-2H3/t15-/m0/s1. The van der Waals surface area contributed by atoms with Gasteiger partial charge in [0.1, 0.15) is 17.5 Å². The van der Waals surface area contributed by atoms with E-state index in [0.29, 0.717) is 25.4 Å². The van der Waals surface area contributed by atoms with Gasteiger partial charge in [0, 0.05) is 13.6 Å². The molecule has 1 saturated heterocycles. The van der Waals surface area contributed by atoms with E-state index in [1.807, 2.05) is 13.0 Å². The summed E-state index contributed by atoms with van der Waals surface area (Å²) < 4.78 is 7.35. The number of benzene rings is 1. The summed E-state index contributed by atoms with van der Waals surface area (Å²) in [6.07, 6.45) is -0.223. The van der Waals surface area contributed by atoms with Crippen LogP contribution < -0.4 is 0 Å². The summed E-state index contributed by atoms with van der Waals surface area (Å²) in [6, 6.07) is 8.76. The Balaban J connectivity index is 1.78. The summed E-state index contributed by atoms with van der Waals surface area (Å²) in [5.41, 5.74) is 2.27. The quantitative estimate of drug-likeness (QED) is 0.916. The highest BCUT2D eigenvalue weighted by Crippen LogP contribution is 2.25. The first-order valence-electron chi connectivity index (χ1n) is 7.25. The van der Waals surface area contributed by atoms with E-state index in [4.69, 9.17) is 4.74 Å². The molecule has 0 spiro atoms. The third-order valence-electron chi connectivity index (χ3n) is 3.82. The number of amides is 1. The molecule has 1 aromatic carbocycles. The van der Waals surface area contributed by atoms with Crippen molar-refractivity contribution in [2.45, 2.75) is 13.0 Å². The normalized spacial score (nSPS) is 18.5. The number of aromatic hydroxyl groups is 1. The van der Waals surface area contributed by atoms with Crippen molar-refractivity contribution in [3.05, 3.63) is 47.3 Å². The number of hydrogen-bond donors (Lipinski definition) is 1. The van der Waals surface area contributed by atoms with Crippen LogP contribution >= 0.6 is 0 Å². The fourth-order valence-electron chi connectivity index (χ4n) is 2.73. The molecule has 2 heterocycles. The molecule has 0 bridgehead atoms. The molecule has 0 radical (unpaired) electrons. The summed E-state index contributed by atoms with van der Waals surface area (Å²) in [7, 11) is 1.77. The molecular weight excluding hydrogens is 282 g/mol. The van der Waals surface area contributed by atoms with Crippen LogP contribution in [0.3, 0.4) is 0 Å². The zero-order chi connectivity index (χ0) is 15.7. The first-order valence-corrected chi connectivity index (χ1v) is 7.25. The van der Waals surface area contributed by atoms with E-state index in [9.17, 15) is 9.90 Å². The van der Waals surface area contributed by atoms with E-state index in [2.05, 4.69) is 5.10 Å². The van der Waals surface area contributed by atoms with Gasteiger partial charge in [-0.3, -0.25) is 9.48 Å². The molecule has 6 heteroatoms. The third kappa shape index (κ3) is 2.82. The van der Waals surface area contributed by atoms with Gasteiger partial charge in [0.25, 0.3) is 5.91 Å². The first kappa shape index (κ1) is 14.6. The SMILES string of the molecule is Cc1cc(C(=O)N2CCO[C@H](c3cccc(O)c3)C2)n(C)n1. The van der Waals surface area contributed by atoms with Gasteiger partial charge in [-0.1, -0.05) is 12.1 Å². The fourth-order valence-corrected chi connectivity index (χ4v) is 2.73. The van der Waals surface area contributed by atoms with Gasteiger partial charge in [-0.2, -0.15) is 5.10 Å². The second kappa shape index (κ2) is 5.81. The van der Waals surface area contributed by atoms with Crippen molar-refractivity contribution in [2.75, 3.05) is 19.7 Å². The van der Waals surface area contributed by atoms with Crippen LogP contribution in [0.2, 0.25) is 0 Å². The van der Waals surface area contributed by atoms with Gasteiger partial charge in [0.05, 0.1) is 18.8 Å². The number of aromatic nitrogens is 2. The van der Waals surface area contributed by atoms with Crippen molar-refractivity contribution in [1.29, 1.82) is 0 Å². The Hall–Kier alpha value is -2.34. The van der Waals surface area contributed by atoms with Gasteiger partial charge < -0.3 is 14.7 Å². The summed E-state index contributed by atoms with van der Waals surface area (Å²) in [5.74, 6) is 0.156. The van der Waals surface area contributed by atoms with Crippen LogP contribution in [0.1, 0.15) is 27.8 Å². The summed E-state index contributed by atoms with van der Waals surface area (Å²) >= 11 is 0. The Morgan fingerprint density at radius 1 is 1.41 bits per heavy atom. The predicted octanol–water partition coefficient (Wildman–Crippen LogP) is 1.65. The van der Waals surface area contributed by atoms with Gasteiger partial charge in [-0.05, 0) is 30.7 Å². The van der Waals surface area contributed by atoms with Crippen LogP contribution in [0.25, 0.3) is 0 Å². The Morgan fingerprint density at radius 2 is 2.23 bits per heavy atom. The number of phenolic OH excluding ortho intramolecular Hbond substituents is 1. The van der Waals surface area contributed by atoms with Crippen LogP contribution in [0.4, 0.5) is 0 Å². The molecule has 1 N–H and O–H groups in total. The molecule has 0 saturated carbocycles. The van der Waals surface area contributed by atoms with Gasteiger partial charge in [0.15, 0.2) is 0 Å². The van der Waals surface area contributed by atoms with Crippen molar-refractivity contribution >= 4 is 5.91 Å². The molecule has 3 rings (SSSR count). The summed E-state index contributed by atoms with van der Waals surface area (Å²) in [5, 5.41) is 13.8. The highest BCUT2D eigenvalue weighted by molar-refractivity contribution is 5.92. The number of phenols is 1. The minimum atomic E-state index is -0.223. The average Bonchev–Trinajstić information content (AvgIpc) is 2.85. The van der Waals surface area contributed by atoms with Gasteiger partial charge in [0.2, 0.25) is 0 Å². The highest BCUT2D eigenvalue weighted by atomic mass is 16.5. The Bertz CT molecular complexity index is 696. The topological polar surface area (TPSA) is 67.6 Å². The van der Waals surface area contributed by atoms with E-state index < -0.39 is 0 Å². The number of ether oxygens (including phenoxy) is 1. The van der Waals surface area contributed by atoms with Crippen LogP contribution in [-0.4, -0.2) is 45.4 Å². The zero-order valence-corrected chi connectivity index (χ0v) is 12.7. The second-order valence-electron chi connectivity index (χ2n) is 5.50. The molecule has 1 aliphatic heterocycles. The second-order valence-corrected chi connectivity index (χ2v) is 5.50. The third-order valence-corrected chi connectivity index (χ3v) is 3.82. The lowest BCUT2D eigenvalue weighted by Crippen LogP contribution is -2.42. The molecule has 1 aliphatic rings. The van der Waals surface area contributed by atoms with E-state index in [1.165, 1.54) is 0 Å². The Kier molecular flexibility index (Phi) is 3.85. The van der Waals surface area contributed by atoms with Crippen molar-refractivity contribution in [2.24, 2.45) is 7.05 Å². The molecule has 116 valence electrons. The average molecular weight is 301 g/mol. The lowest BCUT2D eigenvalue weighted by Gasteiger charge is -2.33. The van der Waals surface area contributed by atoms with E-state index in [-0.39, 0.29) is 17.8 Å². The fraction of sp³-hybridized carbons (Fsp3) is 0.375. The van der Waals surface area contributed by atoms with Crippen LogP contribution in [0.15, 0.2) is 30.3 Å². The number of aryl methyl sites for hydroxylation is 2. The zero-order valence-electron chi connectivity index (χ0n) is 12.7. The van der Waals surface area contributed by atoms with Crippen LogP contribution in [0, 0.1) is 6.92 Å². The number of hydrogen-bond acceptors (Lipinski definition) is 4. The molecule has 6 nitrogen and oxygen atoms in total. The Morgan fingerprint density at radius 3 is 2.91 bits per heavy atom. The van der Waals surface area contributed by atoms with Crippen molar-refractivity contribution in [3.8, 4) is 5.75 Å². The van der Waals surface area contributed by atoms with Crippen molar-refractivity contribution in [1.82, 2.24) is 14.7 Å². The predicted molar refractivity (Wildman–Crippen MR) is 80.6 cm³/mol. The molecular formula is C16H19N3O3. The smallest absolute Gasteiger partial charge is 0.272 e. The highest BCUT2D eigenvalue weighted by Gasteiger charge is 2.27. The molecule has 0 unspecified atom stereocenters. The van der Waals surface area contributed by atoms with Gasteiger partial charge in [-0.15, -0.1) is 0 Å². The number of nitrogens with zero attached hydrogens (tertiary/aromatic N) is 3. The molecule has 1 amide bonds. The first-order chi connectivity index (χ1) is 10.5. The number of rotatable bonds is 2. The molecule has 0 aliphatic carbocycles. The maximum absolute atomic E-state index is 12.6. The molecule has 1 fully saturated rings.